The number of aromatic nitrogens is 1. The summed E-state index contributed by atoms with van der Waals surface area (Å²) in [6.45, 7) is 5.82. The highest BCUT2D eigenvalue weighted by molar-refractivity contribution is 5.27. The average Bonchev–Trinajstić information content (AvgIpc) is 2.77. The van der Waals surface area contributed by atoms with Crippen molar-refractivity contribution in [2.45, 2.75) is 26.8 Å². The number of likely N-dealkylation sites (N-methyl/N-ethyl adjacent to an activating group) is 1. The largest absolute Gasteiger partial charge is 0.497 e. The highest BCUT2D eigenvalue weighted by Crippen LogP contribution is 2.15. The molecule has 1 aromatic heterocycles. The topological polar surface area (TPSA) is 38.5 Å². The molecule has 0 N–H and O–H groups in total. The molecule has 0 saturated heterocycles. The van der Waals surface area contributed by atoms with Crippen molar-refractivity contribution in [3.63, 3.8) is 0 Å². The van der Waals surface area contributed by atoms with Crippen LogP contribution in [-0.4, -0.2) is 30.8 Å². The lowest BCUT2D eigenvalue weighted by atomic mass is 10.1. The minimum atomic E-state index is 0.872. The number of nitrogens with zero attached hydrogens (tertiary/aromatic N) is 2. The number of hydrogen-bond donors (Lipinski definition) is 0. The van der Waals surface area contributed by atoms with E-state index in [0.717, 1.165) is 36.7 Å². The van der Waals surface area contributed by atoms with Gasteiger partial charge in [0.25, 0.3) is 0 Å². The molecule has 20 heavy (non-hydrogen) atoms. The van der Waals surface area contributed by atoms with Gasteiger partial charge in [0.05, 0.1) is 12.8 Å². The van der Waals surface area contributed by atoms with Gasteiger partial charge in [0.15, 0.2) is 0 Å². The third-order valence-electron chi connectivity index (χ3n) is 3.55. The van der Waals surface area contributed by atoms with Crippen LogP contribution < -0.4 is 4.74 Å². The predicted octanol–water partition coefficient (Wildman–Crippen LogP) is 2.97. The first kappa shape index (κ1) is 14.6. The van der Waals surface area contributed by atoms with Crippen LogP contribution in [0.25, 0.3) is 0 Å². The Labute approximate surface area is 120 Å². The van der Waals surface area contributed by atoms with E-state index < -0.39 is 0 Å². The van der Waals surface area contributed by atoms with Crippen molar-refractivity contribution in [3.8, 4) is 5.75 Å². The minimum Gasteiger partial charge on any atom is -0.497 e. The van der Waals surface area contributed by atoms with Gasteiger partial charge < -0.3 is 14.2 Å². The highest BCUT2D eigenvalue weighted by Gasteiger charge is 2.11. The Morgan fingerprint density at radius 1 is 1.20 bits per heavy atom. The molecule has 0 aliphatic heterocycles. The molecule has 0 radical (unpaired) electrons. The van der Waals surface area contributed by atoms with E-state index in [0.29, 0.717) is 0 Å². The van der Waals surface area contributed by atoms with Crippen LogP contribution in [-0.2, 0) is 13.0 Å². The van der Waals surface area contributed by atoms with Gasteiger partial charge in [0.2, 0.25) is 0 Å². The third-order valence-corrected chi connectivity index (χ3v) is 3.55. The SMILES string of the molecule is COc1ccc(CCN(C)Cc2c(C)noc2C)cc1. The molecule has 0 aliphatic rings. The van der Waals surface area contributed by atoms with Gasteiger partial charge in [-0.1, -0.05) is 17.3 Å². The molecular formula is C16H22N2O2. The zero-order valence-corrected chi connectivity index (χ0v) is 12.6. The summed E-state index contributed by atoms with van der Waals surface area (Å²) < 4.78 is 10.4. The second-order valence-corrected chi connectivity index (χ2v) is 5.14. The Kier molecular flexibility index (Phi) is 4.79. The van der Waals surface area contributed by atoms with Gasteiger partial charge in [0, 0.05) is 18.7 Å². The standard InChI is InChI=1S/C16H22N2O2/c1-12-16(13(2)20-17-12)11-18(3)10-9-14-5-7-15(19-4)8-6-14/h5-8H,9-11H2,1-4H3. The number of benzene rings is 1. The first-order valence-corrected chi connectivity index (χ1v) is 6.83. The molecule has 0 bridgehead atoms. The van der Waals surface area contributed by atoms with E-state index in [1.165, 1.54) is 11.1 Å². The smallest absolute Gasteiger partial charge is 0.138 e. The minimum absolute atomic E-state index is 0.872. The maximum atomic E-state index is 5.19. The molecular weight excluding hydrogens is 252 g/mol. The van der Waals surface area contributed by atoms with Crippen molar-refractivity contribution in [1.29, 1.82) is 0 Å². The summed E-state index contributed by atoms with van der Waals surface area (Å²) in [5.41, 5.74) is 3.50. The Morgan fingerprint density at radius 2 is 1.90 bits per heavy atom. The van der Waals surface area contributed by atoms with Crippen LogP contribution in [0.2, 0.25) is 0 Å². The Morgan fingerprint density at radius 3 is 2.45 bits per heavy atom. The fourth-order valence-corrected chi connectivity index (χ4v) is 2.19. The Balaban J connectivity index is 1.87. The maximum Gasteiger partial charge on any atom is 0.138 e. The van der Waals surface area contributed by atoms with Crippen molar-refractivity contribution < 1.29 is 9.26 Å². The number of aryl methyl sites for hydroxylation is 2. The Bertz CT molecular complexity index is 527. The van der Waals surface area contributed by atoms with Gasteiger partial charge in [-0.25, -0.2) is 0 Å². The third kappa shape index (κ3) is 3.61. The molecule has 2 aromatic rings. The van der Waals surface area contributed by atoms with Crippen molar-refractivity contribution in [2.75, 3.05) is 20.7 Å². The first-order valence-electron chi connectivity index (χ1n) is 6.83. The molecule has 1 heterocycles. The van der Waals surface area contributed by atoms with Gasteiger partial charge in [-0.15, -0.1) is 0 Å². The summed E-state index contributed by atoms with van der Waals surface area (Å²) >= 11 is 0. The highest BCUT2D eigenvalue weighted by atomic mass is 16.5. The second-order valence-electron chi connectivity index (χ2n) is 5.14. The molecule has 108 valence electrons. The normalized spacial score (nSPS) is 11.1. The molecule has 4 nitrogen and oxygen atoms in total. The molecule has 0 aliphatic carbocycles. The summed E-state index contributed by atoms with van der Waals surface area (Å²) in [7, 11) is 3.81. The van der Waals surface area contributed by atoms with Crippen molar-refractivity contribution in [3.05, 3.63) is 46.8 Å². The molecule has 0 fully saturated rings. The van der Waals surface area contributed by atoms with Crippen molar-refractivity contribution >= 4 is 0 Å². The first-order chi connectivity index (χ1) is 9.60. The number of rotatable bonds is 6. The summed E-state index contributed by atoms with van der Waals surface area (Å²) in [4.78, 5) is 2.29. The lowest BCUT2D eigenvalue weighted by Crippen LogP contribution is -2.21. The van der Waals surface area contributed by atoms with Crippen LogP contribution in [0.1, 0.15) is 22.6 Å². The summed E-state index contributed by atoms with van der Waals surface area (Å²) in [6, 6.07) is 8.23. The Hall–Kier alpha value is -1.81. The summed E-state index contributed by atoms with van der Waals surface area (Å²) in [5, 5.41) is 3.99. The van der Waals surface area contributed by atoms with Crippen LogP contribution >= 0.6 is 0 Å². The fraction of sp³-hybridized carbons (Fsp3) is 0.438. The van der Waals surface area contributed by atoms with Gasteiger partial charge in [-0.05, 0) is 45.0 Å². The number of methoxy groups -OCH3 is 1. The molecule has 2 rings (SSSR count). The monoisotopic (exact) mass is 274 g/mol. The molecule has 0 spiro atoms. The van der Waals surface area contributed by atoms with E-state index in [1.54, 1.807) is 7.11 Å². The zero-order valence-electron chi connectivity index (χ0n) is 12.6. The summed E-state index contributed by atoms with van der Waals surface area (Å²) in [6.07, 6.45) is 1.02. The van der Waals surface area contributed by atoms with Gasteiger partial charge in [-0.2, -0.15) is 0 Å². The number of hydrogen-bond acceptors (Lipinski definition) is 4. The fourth-order valence-electron chi connectivity index (χ4n) is 2.19. The molecule has 0 saturated carbocycles. The van der Waals surface area contributed by atoms with E-state index in [1.807, 2.05) is 26.0 Å². The van der Waals surface area contributed by atoms with Gasteiger partial charge >= 0.3 is 0 Å². The van der Waals surface area contributed by atoms with Gasteiger partial charge in [0.1, 0.15) is 11.5 Å². The molecule has 1 aromatic carbocycles. The van der Waals surface area contributed by atoms with E-state index in [2.05, 4.69) is 29.2 Å². The van der Waals surface area contributed by atoms with E-state index in [9.17, 15) is 0 Å². The predicted molar refractivity (Wildman–Crippen MR) is 79.0 cm³/mol. The van der Waals surface area contributed by atoms with Crippen LogP contribution in [0, 0.1) is 13.8 Å². The van der Waals surface area contributed by atoms with Crippen molar-refractivity contribution in [1.82, 2.24) is 10.1 Å². The maximum absolute atomic E-state index is 5.19. The van der Waals surface area contributed by atoms with Crippen LogP contribution in [0.15, 0.2) is 28.8 Å². The van der Waals surface area contributed by atoms with Crippen LogP contribution in [0.3, 0.4) is 0 Å². The average molecular weight is 274 g/mol. The summed E-state index contributed by atoms with van der Waals surface area (Å²) in [5.74, 6) is 1.82. The van der Waals surface area contributed by atoms with E-state index in [-0.39, 0.29) is 0 Å². The van der Waals surface area contributed by atoms with Crippen LogP contribution in [0.5, 0.6) is 5.75 Å². The van der Waals surface area contributed by atoms with E-state index >= 15 is 0 Å². The second kappa shape index (κ2) is 6.57. The van der Waals surface area contributed by atoms with E-state index in [4.69, 9.17) is 9.26 Å². The molecule has 0 unspecified atom stereocenters. The molecule has 4 heteroatoms. The number of ether oxygens (including phenoxy) is 1. The van der Waals surface area contributed by atoms with Gasteiger partial charge in [-0.3, -0.25) is 0 Å². The zero-order chi connectivity index (χ0) is 14.5. The quantitative estimate of drug-likeness (QED) is 0.811. The molecule has 0 atom stereocenters. The lowest BCUT2D eigenvalue weighted by Gasteiger charge is -2.16. The lowest BCUT2D eigenvalue weighted by molar-refractivity contribution is 0.326. The van der Waals surface area contributed by atoms with Crippen molar-refractivity contribution in [2.24, 2.45) is 0 Å². The molecule has 0 amide bonds. The van der Waals surface area contributed by atoms with Crippen LogP contribution in [0.4, 0.5) is 0 Å².